The Morgan fingerprint density at radius 3 is 2.57 bits per heavy atom. The van der Waals surface area contributed by atoms with Crippen LogP contribution >= 0.6 is 15.9 Å². The molecule has 0 unspecified atom stereocenters. The number of carbonyl (C=O) groups is 1. The first kappa shape index (κ1) is 20.3. The Bertz CT molecular complexity index is 1130. The zero-order chi connectivity index (χ0) is 20.3. The van der Waals surface area contributed by atoms with Crippen LogP contribution in [0.25, 0.3) is 10.8 Å². The highest BCUT2D eigenvalue weighted by molar-refractivity contribution is 9.10. The summed E-state index contributed by atoms with van der Waals surface area (Å²) in [5, 5.41) is 4.71. The summed E-state index contributed by atoms with van der Waals surface area (Å²) in [5.41, 5.74) is 0.383. The molecule has 0 aromatic heterocycles. The second-order valence-corrected chi connectivity index (χ2v) is 9.20. The molecule has 28 heavy (non-hydrogen) atoms. The van der Waals surface area contributed by atoms with Crippen LogP contribution < -0.4 is 10.1 Å². The normalized spacial score (nSPS) is 11.6. The number of halogens is 1. The molecule has 1 amide bonds. The molecule has 0 saturated heterocycles. The number of anilines is 1. The van der Waals surface area contributed by atoms with Gasteiger partial charge in [-0.3, -0.25) is 4.79 Å². The number of nitrogens with zero attached hydrogens (tertiary/aromatic N) is 1. The molecule has 0 spiro atoms. The van der Waals surface area contributed by atoms with Crippen molar-refractivity contribution in [2.24, 2.45) is 0 Å². The van der Waals surface area contributed by atoms with Gasteiger partial charge in [-0.1, -0.05) is 36.4 Å². The lowest BCUT2D eigenvalue weighted by atomic mass is 10.1. The first-order valence-electron chi connectivity index (χ1n) is 8.41. The predicted molar refractivity (Wildman–Crippen MR) is 113 cm³/mol. The Hall–Kier alpha value is -2.42. The standard InChI is InChI=1S/C20H19BrN2O4S/c1-23(2)28(25,26)16-8-5-7-15(12-16)22-19(24)13-27-18-11-10-14-6-3-4-9-17(14)20(18)21/h3-12H,13H2,1-2H3,(H,22,24). The lowest BCUT2D eigenvalue weighted by Gasteiger charge is -2.13. The van der Waals surface area contributed by atoms with E-state index in [1.54, 1.807) is 18.2 Å². The molecule has 0 saturated carbocycles. The number of nitrogens with one attached hydrogen (secondary N) is 1. The Morgan fingerprint density at radius 2 is 1.82 bits per heavy atom. The van der Waals surface area contributed by atoms with Gasteiger partial charge in [0, 0.05) is 19.8 Å². The van der Waals surface area contributed by atoms with Gasteiger partial charge in [-0.2, -0.15) is 0 Å². The van der Waals surface area contributed by atoms with E-state index < -0.39 is 10.0 Å². The van der Waals surface area contributed by atoms with Gasteiger partial charge >= 0.3 is 0 Å². The summed E-state index contributed by atoms with van der Waals surface area (Å²) < 4.78 is 31.9. The number of sulfonamides is 1. The lowest BCUT2D eigenvalue weighted by molar-refractivity contribution is -0.118. The van der Waals surface area contributed by atoms with E-state index in [0.717, 1.165) is 19.6 Å². The minimum atomic E-state index is -3.57. The van der Waals surface area contributed by atoms with E-state index in [-0.39, 0.29) is 17.4 Å². The molecule has 0 bridgehead atoms. The van der Waals surface area contributed by atoms with Crippen molar-refractivity contribution in [3.8, 4) is 5.75 Å². The summed E-state index contributed by atoms with van der Waals surface area (Å²) >= 11 is 3.52. The molecule has 0 radical (unpaired) electrons. The third-order valence-electron chi connectivity index (χ3n) is 4.08. The highest BCUT2D eigenvalue weighted by Gasteiger charge is 2.17. The van der Waals surface area contributed by atoms with E-state index in [0.29, 0.717) is 11.4 Å². The van der Waals surface area contributed by atoms with E-state index in [2.05, 4.69) is 21.2 Å². The van der Waals surface area contributed by atoms with Gasteiger partial charge in [-0.25, -0.2) is 12.7 Å². The third kappa shape index (κ3) is 4.35. The van der Waals surface area contributed by atoms with Crippen molar-refractivity contribution in [2.45, 2.75) is 4.90 Å². The van der Waals surface area contributed by atoms with Gasteiger partial charge in [-0.05, 0) is 51.0 Å². The smallest absolute Gasteiger partial charge is 0.262 e. The Labute approximate surface area is 172 Å². The van der Waals surface area contributed by atoms with Crippen molar-refractivity contribution in [2.75, 3.05) is 26.0 Å². The zero-order valence-electron chi connectivity index (χ0n) is 15.3. The average Bonchev–Trinajstić information content (AvgIpc) is 2.68. The molecule has 0 aliphatic carbocycles. The number of hydrogen-bond acceptors (Lipinski definition) is 4. The van der Waals surface area contributed by atoms with Gasteiger partial charge in [0.25, 0.3) is 5.91 Å². The topological polar surface area (TPSA) is 75.7 Å². The minimum absolute atomic E-state index is 0.105. The molecule has 0 fully saturated rings. The zero-order valence-corrected chi connectivity index (χ0v) is 17.7. The summed E-state index contributed by atoms with van der Waals surface area (Å²) in [4.78, 5) is 12.3. The Morgan fingerprint density at radius 1 is 1.07 bits per heavy atom. The molecule has 8 heteroatoms. The van der Waals surface area contributed by atoms with Gasteiger partial charge in [0.15, 0.2) is 6.61 Å². The molecule has 3 aromatic rings. The first-order valence-corrected chi connectivity index (χ1v) is 10.6. The van der Waals surface area contributed by atoms with Crippen LogP contribution in [-0.4, -0.2) is 39.3 Å². The van der Waals surface area contributed by atoms with Crippen molar-refractivity contribution in [3.63, 3.8) is 0 Å². The maximum absolute atomic E-state index is 12.2. The lowest BCUT2D eigenvalue weighted by Crippen LogP contribution is -2.23. The number of benzene rings is 3. The molecule has 146 valence electrons. The van der Waals surface area contributed by atoms with Crippen LogP contribution in [0, 0.1) is 0 Å². The highest BCUT2D eigenvalue weighted by Crippen LogP contribution is 2.33. The molecule has 6 nitrogen and oxygen atoms in total. The highest BCUT2D eigenvalue weighted by atomic mass is 79.9. The Kier molecular flexibility index (Phi) is 6.02. The van der Waals surface area contributed by atoms with Crippen LogP contribution in [0.2, 0.25) is 0 Å². The van der Waals surface area contributed by atoms with Crippen molar-refractivity contribution in [3.05, 3.63) is 65.1 Å². The van der Waals surface area contributed by atoms with E-state index in [1.165, 1.54) is 26.2 Å². The fraction of sp³-hybridized carbons (Fsp3) is 0.150. The van der Waals surface area contributed by atoms with Gasteiger partial charge < -0.3 is 10.1 Å². The maximum Gasteiger partial charge on any atom is 0.262 e. The number of fused-ring (bicyclic) bond motifs is 1. The molecule has 0 aliphatic heterocycles. The minimum Gasteiger partial charge on any atom is -0.483 e. The van der Waals surface area contributed by atoms with Crippen molar-refractivity contribution in [1.29, 1.82) is 0 Å². The van der Waals surface area contributed by atoms with E-state index in [1.807, 2.05) is 30.3 Å². The second-order valence-electron chi connectivity index (χ2n) is 6.25. The first-order chi connectivity index (χ1) is 13.3. The second kappa shape index (κ2) is 8.30. The average molecular weight is 463 g/mol. The quantitative estimate of drug-likeness (QED) is 0.603. The number of ether oxygens (including phenoxy) is 1. The van der Waals surface area contributed by atoms with Crippen LogP contribution in [0.3, 0.4) is 0 Å². The van der Waals surface area contributed by atoms with E-state index in [9.17, 15) is 13.2 Å². The predicted octanol–water partition coefficient (Wildman–Crippen LogP) is 3.87. The number of carbonyl (C=O) groups excluding carboxylic acids is 1. The summed E-state index contributed by atoms with van der Waals surface area (Å²) in [7, 11) is -0.664. The molecular weight excluding hydrogens is 444 g/mol. The number of hydrogen-bond donors (Lipinski definition) is 1. The molecule has 0 aliphatic rings. The van der Waals surface area contributed by atoms with E-state index in [4.69, 9.17) is 4.74 Å². The van der Waals surface area contributed by atoms with Gasteiger partial charge in [0.05, 0.1) is 9.37 Å². The molecule has 0 atom stereocenters. The molecule has 0 heterocycles. The Balaban J connectivity index is 1.69. The molecule has 3 rings (SSSR count). The monoisotopic (exact) mass is 462 g/mol. The molecule has 3 aromatic carbocycles. The fourth-order valence-corrected chi connectivity index (χ4v) is 4.17. The van der Waals surface area contributed by atoms with Crippen molar-refractivity contribution >= 4 is 48.3 Å². The number of amides is 1. The molecular formula is C20H19BrN2O4S. The number of rotatable bonds is 6. The van der Waals surface area contributed by atoms with E-state index >= 15 is 0 Å². The largest absolute Gasteiger partial charge is 0.483 e. The maximum atomic E-state index is 12.2. The fourth-order valence-electron chi connectivity index (χ4n) is 2.61. The SMILES string of the molecule is CN(C)S(=O)(=O)c1cccc(NC(=O)COc2ccc3ccccc3c2Br)c1. The summed E-state index contributed by atoms with van der Waals surface area (Å²) in [6, 6.07) is 17.6. The van der Waals surface area contributed by atoms with Crippen LogP contribution in [0.1, 0.15) is 0 Å². The van der Waals surface area contributed by atoms with Crippen molar-refractivity contribution in [1.82, 2.24) is 4.31 Å². The summed E-state index contributed by atoms with van der Waals surface area (Å²) in [6.45, 7) is -0.207. The molecule has 1 N–H and O–H groups in total. The van der Waals surface area contributed by atoms with Gasteiger partial charge in [0.2, 0.25) is 10.0 Å². The summed E-state index contributed by atoms with van der Waals surface area (Å²) in [5.74, 6) is 0.164. The van der Waals surface area contributed by atoms with Gasteiger partial charge in [-0.15, -0.1) is 0 Å². The summed E-state index contributed by atoms with van der Waals surface area (Å²) in [6.07, 6.45) is 0. The van der Waals surface area contributed by atoms with Crippen LogP contribution in [-0.2, 0) is 14.8 Å². The van der Waals surface area contributed by atoms with Gasteiger partial charge in [0.1, 0.15) is 5.75 Å². The third-order valence-corrected chi connectivity index (χ3v) is 6.71. The van der Waals surface area contributed by atoms with Crippen molar-refractivity contribution < 1.29 is 17.9 Å². The van der Waals surface area contributed by atoms with Crippen LogP contribution in [0.15, 0.2) is 70.0 Å². The van der Waals surface area contributed by atoms with Crippen LogP contribution in [0.5, 0.6) is 5.75 Å². The van der Waals surface area contributed by atoms with Crippen LogP contribution in [0.4, 0.5) is 5.69 Å².